The van der Waals surface area contributed by atoms with E-state index in [1.807, 2.05) is 6.07 Å². The number of hydrogen-bond donors (Lipinski definition) is 1. The summed E-state index contributed by atoms with van der Waals surface area (Å²) in [6.07, 6.45) is 4.06. The summed E-state index contributed by atoms with van der Waals surface area (Å²) in [6, 6.07) is 12.0. The van der Waals surface area contributed by atoms with Crippen LogP contribution in [0.2, 0.25) is 0 Å². The summed E-state index contributed by atoms with van der Waals surface area (Å²) in [5, 5.41) is 9.33. The van der Waals surface area contributed by atoms with Crippen LogP contribution in [-0.2, 0) is 0 Å². The predicted octanol–water partition coefficient (Wildman–Crippen LogP) is 5.11. The van der Waals surface area contributed by atoms with Crippen LogP contribution in [0.25, 0.3) is 6.08 Å². The smallest absolute Gasteiger partial charge is 0.193 e. The zero-order valence-electron chi connectivity index (χ0n) is 15.8. The number of ketones is 1. The van der Waals surface area contributed by atoms with Crippen molar-refractivity contribution in [1.82, 2.24) is 0 Å². The molecule has 1 N–H and O–H groups in total. The Kier molecular flexibility index (Phi) is 6.45. The molecule has 0 radical (unpaired) electrons. The third kappa shape index (κ3) is 5.66. The summed E-state index contributed by atoms with van der Waals surface area (Å²) in [4.78, 5) is 12.7. The van der Waals surface area contributed by atoms with Crippen LogP contribution < -0.4 is 9.47 Å². The number of benzene rings is 2. The average Bonchev–Trinajstić information content (AvgIpc) is 2.59. The molecule has 4 nitrogen and oxygen atoms in total. The molecule has 138 valence electrons. The van der Waals surface area contributed by atoms with Gasteiger partial charge < -0.3 is 14.6 Å². The van der Waals surface area contributed by atoms with Crippen LogP contribution >= 0.6 is 0 Å². The molecule has 0 unspecified atom stereocenters. The second kappa shape index (κ2) is 8.56. The minimum absolute atomic E-state index is 0.155. The molecule has 0 aliphatic rings. The summed E-state index contributed by atoms with van der Waals surface area (Å²) in [5.74, 6) is 1.00. The lowest BCUT2D eigenvalue weighted by Crippen LogP contribution is -2.12. The van der Waals surface area contributed by atoms with Crippen molar-refractivity contribution in [2.24, 2.45) is 5.41 Å². The molecule has 0 amide bonds. The van der Waals surface area contributed by atoms with E-state index in [0.717, 1.165) is 12.0 Å². The molecule has 0 saturated carbocycles. The zero-order valence-corrected chi connectivity index (χ0v) is 15.8. The van der Waals surface area contributed by atoms with Crippen LogP contribution in [0.15, 0.2) is 48.5 Å². The van der Waals surface area contributed by atoms with Gasteiger partial charge in [0, 0.05) is 0 Å². The number of ether oxygens (including phenoxy) is 2. The first-order valence-corrected chi connectivity index (χ1v) is 8.61. The Labute approximate surface area is 155 Å². The Morgan fingerprint density at radius 1 is 1.08 bits per heavy atom. The summed E-state index contributed by atoms with van der Waals surface area (Å²) in [5.41, 5.74) is 1.39. The highest BCUT2D eigenvalue weighted by atomic mass is 16.5. The first kappa shape index (κ1) is 19.6. The van der Waals surface area contributed by atoms with Crippen LogP contribution in [0.1, 0.15) is 43.1 Å². The number of phenolic OH excluding ortho intramolecular Hbond substituents is 1. The van der Waals surface area contributed by atoms with E-state index in [1.165, 1.54) is 13.2 Å². The number of carbonyl (C=O) groups excluding carboxylic acids is 1. The molecule has 2 aromatic carbocycles. The fourth-order valence-corrected chi connectivity index (χ4v) is 2.35. The Bertz CT molecular complexity index is 768. The monoisotopic (exact) mass is 354 g/mol. The van der Waals surface area contributed by atoms with Gasteiger partial charge in [-0.2, -0.15) is 0 Å². The molecular weight excluding hydrogens is 328 g/mol. The van der Waals surface area contributed by atoms with Crippen molar-refractivity contribution in [2.45, 2.75) is 27.2 Å². The van der Waals surface area contributed by atoms with E-state index < -0.39 is 0 Å². The highest BCUT2D eigenvalue weighted by molar-refractivity contribution is 6.10. The minimum atomic E-state index is -0.193. The van der Waals surface area contributed by atoms with E-state index in [2.05, 4.69) is 20.8 Å². The average molecular weight is 354 g/mol. The van der Waals surface area contributed by atoms with Gasteiger partial charge in [-0.25, -0.2) is 0 Å². The van der Waals surface area contributed by atoms with Gasteiger partial charge in [0.25, 0.3) is 0 Å². The van der Waals surface area contributed by atoms with Gasteiger partial charge >= 0.3 is 0 Å². The van der Waals surface area contributed by atoms with Gasteiger partial charge in [0.2, 0.25) is 0 Å². The molecule has 0 aliphatic carbocycles. The Balaban J connectivity index is 2.22. The highest BCUT2D eigenvalue weighted by Gasteiger charge is 2.17. The lowest BCUT2D eigenvalue weighted by Gasteiger charge is -2.19. The van der Waals surface area contributed by atoms with Gasteiger partial charge in [-0.3, -0.25) is 4.79 Å². The van der Waals surface area contributed by atoms with Crippen LogP contribution in [0.4, 0.5) is 0 Å². The minimum Gasteiger partial charge on any atom is -0.508 e. The standard InChI is InChI=1S/C22H26O4/c1-22(2,3)14-15-26-20-7-5-6-19(25-4)21(20)18(24)13-10-16-8-11-17(23)12-9-16/h5-13,23H,14-15H2,1-4H3/b13-10+. The van der Waals surface area contributed by atoms with E-state index in [0.29, 0.717) is 23.7 Å². The van der Waals surface area contributed by atoms with Crippen molar-refractivity contribution in [1.29, 1.82) is 0 Å². The summed E-state index contributed by atoms with van der Waals surface area (Å²) in [6.45, 7) is 6.97. The Morgan fingerprint density at radius 2 is 1.73 bits per heavy atom. The van der Waals surface area contributed by atoms with E-state index in [4.69, 9.17) is 9.47 Å². The number of allylic oxidation sites excluding steroid dienone is 1. The predicted molar refractivity (Wildman–Crippen MR) is 104 cm³/mol. The molecule has 0 aliphatic heterocycles. The van der Waals surface area contributed by atoms with E-state index >= 15 is 0 Å². The SMILES string of the molecule is COc1cccc(OCCC(C)(C)C)c1C(=O)/C=C/c1ccc(O)cc1. The number of aromatic hydroxyl groups is 1. The van der Waals surface area contributed by atoms with E-state index in [1.54, 1.807) is 42.5 Å². The third-order valence-electron chi connectivity index (χ3n) is 3.88. The molecule has 0 saturated heterocycles. The third-order valence-corrected chi connectivity index (χ3v) is 3.88. The highest BCUT2D eigenvalue weighted by Crippen LogP contribution is 2.30. The fraction of sp³-hybridized carbons (Fsp3) is 0.318. The molecule has 0 bridgehead atoms. The maximum atomic E-state index is 12.7. The van der Waals surface area contributed by atoms with Crippen molar-refractivity contribution in [3.05, 3.63) is 59.7 Å². The van der Waals surface area contributed by atoms with Gasteiger partial charge in [-0.05, 0) is 47.7 Å². The van der Waals surface area contributed by atoms with Crippen molar-refractivity contribution in [3.8, 4) is 17.2 Å². The molecular formula is C22H26O4. The van der Waals surface area contributed by atoms with Gasteiger partial charge in [0.15, 0.2) is 5.78 Å². The summed E-state index contributed by atoms with van der Waals surface area (Å²) < 4.78 is 11.2. The first-order chi connectivity index (χ1) is 12.3. The van der Waals surface area contributed by atoms with Gasteiger partial charge in [-0.15, -0.1) is 0 Å². The quantitative estimate of drug-likeness (QED) is 0.554. The lowest BCUT2D eigenvalue weighted by molar-refractivity contribution is 0.104. The molecule has 2 aromatic rings. The number of phenols is 1. The van der Waals surface area contributed by atoms with Gasteiger partial charge in [0.05, 0.1) is 13.7 Å². The molecule has 0 fully saturated rings. The topological polar surface area (TPSA) is 55.8 Å². The van der Waals surface area contributed by atoms with Crippen molar-refractivity contribution < 1.29 is 19.4 Å². The van der Waals surface area contributed by atoms with E-state index in [-0.39, 0.29) is 16.9 Å². The number of rotatable bonds is 7. The first-order valence-electron chi connectivity index (χ1n) is 8.61. The molecule has 0 spiro atoms. The van der Waals surface area contributed by atoms with Crippen LogP contribution in [0, 0.1) is 5.41 Å². The number of carbonyl (C=O) groups is 1. The van der Waals surface area contributed by atoms with Crippen LogP contribution in [0.3, 0.4) is 0 Å². The van der Waals surface area contributed by atoms with Crippen molar-refractivity contribution in [2.75, 3.05) is 13.7 Å². The summed E-state index contributed by atoms with van der Waals surface area (Å²) in [7, 11) is 1.54. The second-order valence-corrected chi connectivity index (χ2v) is 7.28. The normalized spacial score (nSPS) is 11.5. The van der Waals surface area contributed by atoms with Gasteiger partial charge in [0.1, 0.15) is 22.8 Å². The summed E-state index contributed by atoms with van der Waals surface area (Å²) >= 11 is 0. The maximum Gasteiger partial charge on any atom is 0.193 e. The molecule has 26 heavy (non-hydrogen) atoms. The molecule has 4 heteroatoms. The number of methoxy groups -OCH3 is 1. The molecule has 0 heterocycles. The Morgan fingerprint density at radius 3 is 2.35 bits per heavy atom. The largest absolute Gasteiger partial charge is 0.508 e. The maximum absolute atomic E-state index is 12.7. The molecule has 0 aromatic heterocycles. The second-order valence-electron chi connectivity index (χ2n) is 7.28. The number of hydrogen-bond acceptors (Lipinski definition) is 4. The van der Waals surface area contributed by atoms with Crippen LogP contribution in [0.5, 0.6) is 17.2 Å². The molecule has 0 atom stereocenters. The lowest BCUT2D eigenvalue weighted by atomic mass is 9.93. The van der Waals surface area contributed by atoms with E-state index in [9.17, 15) is 9.90 Å². The molecule has 2 rings (SSSR count). The van der Waals surface area contributed by atoms with Gasteiger partial charge in [-0.1, -0.05) is 45.0 Å². The zero-order chi connectivity index (χ0) is 19.2. The van der Waals surface area contributed by atoms with Crippen molar-refractivity contribution >= 4 is 11.9 Å². The fourth-order valence-electron chi connectivity index (χ4n) is 2.35. The Hall–Kier alpha value is -2.75. The van der Waals surface area contributed by atoms with Crippen molar-refractivity contribution in [3.63, 3.8) is 0 Å². The van der Waals surface area contributed by atoms with Crippen LogP contribution in [-0.4, -0.2) is 24.6 Å².